The van der Waals surface area contributed by atoms with E-state index in [1.165, 1.54) is 19.3 Å². The van der Waals surface area contributed by atoms with Gasteiger partial charge in [0.2, 0.25) is 0 Å². The van der Waals surface area contributed by atoms with Crippen molar-refractivity contribution in [2.75, 3.05) is 0 Å². The minimum absolute atomic E-state index is 0. The molecule has 0 aromatic heterocycles. The first kappa shape index (κ1) is 16.6. The zero-order chi connectivity index (χ0) is 6.24. The lowest BCUT2D eigenvalue weighted by Gasteiger charge is -1.84. The predicted molar refractivity (Wildman–Crippen MR) is 53.4 cm³/mol. The third-order valence-electron chi connectivity index (χ3n) is 0.997. The standard InChI is InChI=1S/C8H14.2ClH/c1-3-5-7-8-6-4-2;;/h3,5,7H,1,4,6,8H2,2H3;2*1H/b7-5+;;. The van der Waals surface area contributed by atoms with E-state index in [9.17, 15) is 0 Å². The molecule has 0 nitrogen and oxygen atoms in total. The van der Waals surface area contributed by atoms with Crippen molar-refractivity contribution in [2.24, 2.45) is 0 Å². The zero-order valence-electron chi connectivity index (χ0n) is 6.38. The maximum Gasteiger partial charge on any atom is -0.0348 e. The van der Waals surface area contributed by atoms with E-state index in [4.69, 9.17) is 0 Å². The monoisotopic (exact) mass is 182 g/mol. The molecular formula is C8H16Cl2. The minimum Gasteiger partial charge on any atom is -0.147 e. The van der Waals surface area contributed by atoms with Crippen LogP contribution in [0.25, 0.3) is 0 Å². The highest BCUT2D eigenvalue weighted by Gasteiger charge is 1.73. The Hall–Kier alpha value is 0.0600. The summed E-state index contributed by atoms with van der Waals surface area (Å²) in [6, 6.07) is 0. The number of allylic oxidation sites excluding steroid dienone is 3. The molecule has 0 aromatic rings. The lowest BCUT2D eigenvalue weighted by Crippen LogP contribution is -1.64. The van der Waals surface area contributed by atoms with Crippen LogP contribution in [0.2, 0.25) is 0 Å². The molecule has 0 amide bonds. The SMILES string of the molecule is C=C/C=C/CCCC.Cl.Cl. The van der Waals surface area contributed by atoms with Crippen molar-refractivity contribution in [3.05, 3.63) is 24.8 Å². The third-order valence-corrected chi connectivity index (χ3v) is 0.997. The Labute approximate surface area is 76.2 Å². The van der Waals surface area contributed by atoms with E-state index in [-0.39, 0.29) is 24.8 Å². The fourth-order valence-corrected chi connectivity index (χ4v) is 0.514. The van der Waals surface area contributed by atoms with Gasteiger partial charge in [-0.25, -0.2) is 0 Å². The summed E-state index contributed by atoms with van der Waals surface area (Å²) in [7, 11) is 0. The second-order valence-corrected chi connectivity index (χ2v) is 1.81. The Kier molecular flexibility index (Phi) is 26.6. The van der Waals surface area contributed by atoms with Gasteiger partial charge < -0.3 is 0 Å². The fourth-order valence-electron chi connectivity index (χ4n) is 0.514. The first-order valence-corrected chi connectivity index (χ1v) is 3.19. The minimum atomic E-state index is 0. The van der Waals surface area contributed by atoms with Crippen LogP contribution in [-0.4, -0.2) is 0 Å². The van der Waals surface area contributed by atoms with E-state index >= 15 is 0 Å². The van der Waals surface area contributed by atoms with Crippen LogP contribution in [0.15, 0.2) is 24.8 Å². The molecule has 0 radical (unpaired) electrons. The van der Waals surface area contributed by atoms with Gasteiger partial charge in [0.1, 0.15) is 0 Å². The van der Waals surface area contributed by atoms with Crippen LogP contribution in [0.3, 0.4) is 0 Å². The Bertz CT molecular complexity index is 77.3. The van der Waals surface area contributed by atoms with Crippen molar-refractivity contribution in [3.8, 4) is 0 Å². The Morgan fingerprint density at radius 3 is 2.30 bits per heavy atom. The van der Waals surface area contributed by atoms with Gasteiger partial charge in [-0.2, -0.15) is 0 Å². The van der Waals surface area contributed by atoms with E-state index < -0.39 is 0 Å². The van der Waals surface area contributed by atoms with Crippen molar-refractivity contribution in [1.82, 2.24) is 0 Å². The van der Waals surface area contributed by atoms with Gasteiger partial charge in [0.05, 0.1) is 0 Å². The average Bonchev–Trinajstić information content (AvgIpc) is 1.81. The maximum atomic E-state index is 3.57. The van der Waals surface area contributed by atoms with Crippen LogP contribution in [0, 0.1) is 0 Å². The Balaban J connectivity index is -0.000000245. The summed E-state index contributed by atoms with van der Waals surface area (Å²) in [5, 5.41) is 0. The molecule has 0 spiro atoms. The van der Waals surface area contributed by atoms with E-state index in [1.54, 1.807) is 0 Å². The second kappa shape index (κ2) is 16.0. The molecule has 0 unspecified atom stereocenters. The number of unbranched alkanes of at least 4 members (excludes halogenated alkanes) is 2. The highest BCUT2D eigenvalue weighted by Crippen LogP contribution is 1.93. The Morgan fingerprint density at radius 1 is 1.30 bits per heavy atom. The molecule has 2 heteroatoms. The molecule has 0 rings (SSSR count). The van der Waals surface area contributed by atoms with Crippen molar-refractivity contribution in [3.63, 3.8) is 0 Å². The summed E-state index contributed by atoms with van der Waals surface area (Å²) in [4.78, 5) is 0. The second-order valence-electron chi connectivity index (χ2n) is 1.81. The van der Waals surface area contributed by atoms with Crippen LogP contribution in [-0.2, 0) is 0 Å². The number of hydrogen-bond donors (Lipinski definition) is 0. The largest absolute Gasteiger partial charge is 0.147 e. The number of rotatable bonds is 4. The summed E-state index contributed by atoms with van der Waals surface area (Å²) >= 11 is 0. The van der Waals surface area contributed by atoms with Crippen molar-refractivity contribution in [1.29, 1.82) is 0 Å². The summed E-state index contributed by atoms with van der Waals surface area (Å²) < 4.78 is 0. The van der Waals surface area contributed by atoms with Crippen molar-refractivity contribution in [2.45, 2.75) is 26.2 Å². The highest BCUT2D eigenvalue weighted by atomic mass is 35.5. The molecule has 0 fully saturated rings. The van der Waals surface area contributed by atoms with Gasteiger partial charge in [0, 0.05) is 0 Å². The molecule has 0 N–H and O–H groups in total. The normalized spacial score (nSPS) is 8.10. The highest BCUT2D eigenvalue weighted by molar-refractivity contribution is 5.85. The van der Waals surface area contributed by atoms with E-state index in [0.29, 0.717) is 0 Å². The third kappa shape index (κ3) is 15.7. The van der Waals surface area contributed by atoms with Gasteiger partial charge in [-0.15, -0.1) is 24.8 Å². The molecule has 0 heterocycles. The molecule has 62 valence electrons. The molecule has 0 atom stereocenters. The summed E-state index contributed by atoms with van der Waals surface area (Å²) in [6.45, 7) is 5.77. The quantitative estimate of drug-likeness (QED) is 0.459. The van der Waals surface area contributed by atoms with Gasteiger partial charge >= 0.3 is 0 Å². The summed E-state index contributed by atoms with van der Waals surface area (Å²) in [6.07, 6.45) is 9.73. The number of hydrogen-bond acceptors (Lipinski definition) is 0. The van der Waals surface area contributed by atoms with Gasteiger partial charge in [-0.05, 0) is 6.42 Å². The molecular weight excluding hydrogens is 167 g/mol. The molecule has 0 saturated heterocycles. The zero-order valence-corrected chi connectivity index (χ0v) is 8.01. The fraction of sp³-hybridized carbons (Fsp3) is 0.500. The van der Waals surface area contributed by atoms with Gasteiger partial charge in [0.15, 0.2) is 0 Å². The van der Waals surface area contributed by atoms with Gasteiger partial charge in [-0.1, -0.05) is 44.6 Å². The van der Waals surface area contributed by atoms with Crippen LogP contribution in [0.5, 0.6) is 0 Å². The van der Waals surface area contributed by atoms with Crippen LogP contribution in [0.4, 0.5) is 0 Å². The molecule has 10 heavy (non-hydrogen) atoms. The Morgan fingerprint density at radius 2 is 1.90 bits per heavy atom. The molecule has 0 saturated carbocycles. The first-order chi connectivity index (χ1) is 3.91. The first-order valence-electron chi connectivity index (χ1n) is 3.19. The molecule has 0 aliphatic rings. The maximum absolute atomic E-state index is 3.57. The lowest BCUT2D eigenvalue weighted by molar-refractivity contribution is 0.815. The predicted octanol–water partition coefficient (Wildman–Crippen LogP) is 3.76. The van der Waals surface area contributed by atoms with E-state index in [0.717, 1.165) is 0 Å². The van der Waals surface area contributed by atoms with E-state index in [2.05, 4.69) is 19.6 Å². The lowest BCUT2D eigenvalue weighted by atomic mass is 10.2. The average molecular weight is 183 g/mol. The van der Waals surface area contributed by atoms with Crippen molar-refractivity contribution >= 4 is 24.8 Å². The van der Waals surface area contributed by atoms with Crippen molar-refractivity contribution < 1.29 is 0 Å². The van der Waals surface area contributed by atoms with Crippen LogP contribution >= 0.6 is 24.8 Å². The smallest absolute Gasteiger partial charge is 0.0348 e. The molecule has 0 bridgehead atoms. The van der Waals surface area contributed by atoms with Crippen LogP contribution in [0.1, 0.15) is 26.2 Å². The molecule has 0 aliphatic carbocycles. The van der Waals surface area contributed by atoms with Gasteiger partial charge in [-0.3, -0.25) is 0 Å². The molecule has 0 aromatic carbocycles. The van der Waals surface area contributed by atoms with E-state index in [1.807, 2.05) is 12.2 Å². The molecule has 0 aliphatic heterocycles. The summed E-state index contributed by atoms with van der Waals surface area (Å²) in [5.41, 5.74) is 0. The van der Waals surface area contributed by atoms with Gasteiger partial charge in [0.25, 0.3) is 0 Å². The summed E-state index contributed by atoms with van der Waals surface area (Å²) in [5.74, 6) is 0. The van der Waals surface area contributed by atoms with Crippen LogP contribution < -0.4 is 0 Å². The topological polar surface area (TPSA) is 0 Å². The number of halogens is 2.